The lowest BCUT2D eigenvalue weighted by Gasteiger charge is -2.36. The number of nitrogens with zero attached hydrogens (tertiary/aromatic N) is 3. The van der Waals surface area contributed by atoms with Crippen LogP contribution in [0.15, 0.2) is 28.8 Å². The van der Waals surface area contributed by atoms with Crippen LogP contribution in [-0.2, 0) is 4.74 Å². The van der Waals surface area contributed by atoms with Crippen molar-refractivity contribution in [1.29, 1.82) is 0 Å². The third-order valence-corrected chi connectivity index (χ3v) is 5.59. The Hall–Kier alpha value is -2.61. The number of aromatic nitrogens is 2. The molecule has 1 atom stereocenters. The molecule has 27 heavy (non-hydrogen) atoms. The maximum absolute atomic E-state index is 12.9. The highest BCUT2D eigenvalue weighted by Crippen LogP contribution is 2.49. The number of methoxy groups -OCH3 is 1. The third kappa shape index (κ3) is 3.49. The molecular weight excluding hydrogens is 348 g/mol. The number of likely N-dealkylation sites (tertiary alicyclic amines) is 1. The molecule has 4 rings (SSSR count). The predicted octanol–water partition coefficient (Wildman–Crippen LogP) is 2.81. The number of anilines is 1. The minimum Gasteiger partial charge on any atom is -0.497 e. The van der Waals surface area contributed by atoms with Gasteiger partial charge in [-0.15, -0.1) is 0 Å². The highest BCUT2D eigenvalue weighted by molar-refractivity contribution is 5.89. The Morgan fingerprint density at radius 1 is 1.37 bits per heavy atom. The number of carbonyl (C=O) groups is 1. The van der Waals surface area contributed by atoms with Gasteiger partial charge in [-0.2, -0.15) is 4.98 Å². The second kappa shape index (κ2) is 7.19. The van der Waals surface area contributed by atoms with Crippen LogP contribution in [-0.4, -0.2) is 54.5 Å². The highest BCUT2D eigenvalue weighted by atomic mass is 16.5. The zero-order chi connectivity index (χ0) is 18.9. The first-order valence-electron chi connectivity index (χ1n) is 9.18. The molecule has 2 aliphatic heterocycles. The van der Waals surface area contributed by atoms with Crippen LogP contribution in [0.5, 0.6) is 5.75 Å². The Balaban J connectivity index is 1.54. The lowest BCUT2D eigenvalue weighted by molar-refractivity contribution is 0.00959. The van der Waals surface area contributed by atoms with Gasteiger partial charge in [0, 0.05) is 43.5 Å². The molecule has 0 aliphatic carbocycles. The zero-order valence-electron chi connectivity index (χ0n) is 15.6. The maximum atomic E-state index is 12.9. The predicted molar refractivity (Wildman–Crippen MR) is 97.8 cm³/mol. The van der Waals surface area contributed by atoms with Crippen LogP contribution in [0.2, 0.25) is 0 Å². The summed E-state index contributed by atoms with van der Waals surface area (Å²) in [4.78, 5) is 19.2. The van der Waals surface area contributed by atoms with Crippen LogP contribution in [0.1, 0.15) is 30.5 Å². The van der Waals surface area contributed by atoms with Crippen molar-refractivity contribution in [1.82, 2.24) is 15.0 Å². The fourth-order valence-electron chi connectivity index (χ4n) is 4.11. The second-order valence-corrected chi connectivity index (χ2v) is 7.25. The van der Waals surface area contributed by atoms with Gasteiger partial charge in [0.25, 0.3) is 0 Å². The number of hydrogen-bond acceptors (Lipinski definition) is 6. The van der Waals surface area contributed by atoms with Crippen molar-refractivity contribution < 1.29 is 18.8 Å². The average molecular weight is 372 g/mol. The van der Waals surface area contributed by atoms with E-state index in [4.69, 9.17) is 14.0 Å². The van der Waals surface area contributed by atoms with Crippen molar-refractivity contribution >= 4 is 11.7 Å². The number of benzene rings is 1. The van der Waals surface area contributed by atoms with Crippen LogP contribution < -0.4 is 10.1 Å². The summed E-state index contributed by atoms with van der Waals surface area (Å²) in [5, 5.41) is 6.91. The Morgan fingerprint density at radius 2 is 2.19 bits per heavy atom. The largest absolute Gasteiger partial charge is 0.497 e. The van der Waals surface area contributed by atoms with Crippen molar-refractivity contribution in [2.45, 2.75) is 25.7 Å². The average Bonchev–Trinajstić information content (AvgIpc) is 3.26. The molecule has 0 radical (unpaired) electrons. The van der Waals surface area contributed by atoms with Gasteiger partial charge in [-0.25, -0.2) is 4.79 Å². The molecule has 8 heteroatoms. The van der Waals surface area contributed by atoms with Crippen LogP contribution in [0, 0.1) is 12.3 Å². The summed E-state index contributed by atoms with van der Waals surface area (Å²) in [6.07, 6.45) is 1.75. The topological polar surface area (TPSA) is 89.7 Å². The molecule has 0 saturated carbocycles. The molecule has 2 fully saturated rings. The van der Waals surface area contributed by atoms with Crippen LogP contribution in [0.25, 0.3) is 0 Å². The van der Waals surface area contributed by atoms with Gasteiger partial charge in [-0.1, -0.05) is 11.2 Å². The quantitative estimate of drug-likeness (QED) is 0.891. The Morgan fingerprint density at radius 3 is 2.89 bits per heavy atom. The lowest BCUT2D eigenvalue weighted by Crippen LogP contribution is -2.38. The van der Waals surface area contributed by atoms with Gasteiger partial charge in [-0.3, -0.25) is 0 Å². The standard InChI is InChI=1S/C19H24N4O4/c1-13-20-17(27-22-13)16-11-23(12-19(16)6-8-26-9-7-19)18(24)21-14-4-3-5-15(10-14)25-2/h3-5,10,16H,6-9,11-12H2,1-2H3,(H,21,24)/t16-/m0/s1. The van der Waals surface area contributed by atoms with E-state index in [1.807, 2.05) is 30.0 Å². The molecular formula is C19H24N4O4. The second-order valence-electron chi connectivity index (χ2n) is 7.25. The Bertz CT molecular complexity index is 816. The number of hydrogen-bond donors (Lipinski definition) is 1. The first-order chi connectivity index (χ1) is 13.1. The summed E-state index contributed by atoms with van der Waals surface area (Å²) in [5.74, 6) is 1.96. The smallest absolute Gasteiger partial charge is 0.321 e. The van der Waals surface area contributed by atoms with Crippen molar-refractivity contribution in [2.24, 2.45) is 5.41 Å². The van der Waals surface area contributed by atoms with Crippen molar-refractivity contribution in [3.8, 4) is 5.75 Å². The third-order valence-electron chi connectivity index (χ3n) is 5.59. The number of ether oxygens (including phenoxy) is 2. The van der Waals surface area contributed by atoms with Crippen molar-refractivity contribution in [3.05, 3.63) is 36.0 Å². The molecule has 2 amide bonds. The van der Waals surface area contributed by atoms with Crippen LogP contribution >= 0.6 is 0 Å². The highest BCUT2D eigenvalue weighted by Gasteiger charge is 2.51. The molecule has 1 aromatic carbocycles. The SMILES string of the molecule is COc1cccc(NC(=O)N2C[C@@H](c3nc(C)no3)C3(CCOCC3)C2)c1. The lowest BCUT2D eigenvalue weighted by atomic mass is 9.72. The molecule has 144 valence electrons. The minimum atomic E-state index is -0.132. The molecule has 1 spiro atoms. The van der Waals surface area contributed by atoms with E-state index < -0.39 is 0 Å². The van der Waals surface area contributed by atoms with Gasteiger partial charge >= 0.3 is 6.03 Å². The van der Waals surface area contributed by atoms with E-state index in [0.29, 0.717) is 49.5 Å². The van der Waals surface area contributed by atoms with Crippen LogP contribution in [0.3, 0.4) is 0 Å². The van der Waals surface area contributed by atoms with Gasteiger partial charge in [0.1, 0.15) is 5.75 Å². The number of urea groups is 1. The summed E-state index contributed by atoms with van der Waals surface area (Å²) in [5.41, 5.74) is 0.626. The van der Waals surface area contributed by atoms with E-state index in [1.54, 1.807) is 13.2 Å². The normalized spacial score (nSPS) is 21.4. The molecule has 3 heterocycles. The van der Waals surface area contributed by atoms with Gasteiger partial charge < -0.3 is 24.2 Å². The molecule has 2 saturated heterocycles. The molecule has 1 N–H and O–H groups in total. The van der Waals surface area contributed by atoms with Gasteiger partial charge in [0.15, 0.2) is 5.82 Å². The zero-order valence-corrected chi connectivity index (χ0v) is 15.6. The summed E-state index contributed by atoms with van der Waals surface area (Å²) in [7, 11) is 1.60. The Kier molecular flexibility index (Phi) is 4.73. The van der Waals surface area contributed by atoms with Crippen LogP contribution in [0.4, 0.5) is 10.5 Å². The fraction of sp³-hybridized carbons (Fsp3) is 0.526. The number of aryl methyl sites for hydroxylation is 1. The maximum Gasteiger partial charge on any atom is 0.321 e. The van der Waals surface area contributed by atoms with Crippen molar-refractivity contribution in [2.75, 3.05) is 38.7 Å². The molecule has 0 bridgehead atoms. The van der Waals surface area contributed by atoms with E-state index in [1.165, 1.54) is 0 Å². The Labute approximate surface area is 157 Å². The number of carbonyl (C=O) groups excluding carboxylic acids is 1. The van der Waals surface area contributed by atoms with Gasteiger partial charge in [0.2, 0.25) is 5.89 Å². The van der Waals surface area contributed by atoms with E-state index in [0.717, 1.165) is 12.8 Å². The fourth-order valence-corrected chi connectivity index (χ4v) is 4.11. The minimum absolute atomic E-state index is 0.0265. The summed E-state index contributed by atoms with van der Waals surface area (Å²) in [6, 6.07) is 7.21. The number of nitrogens with one attached hydrogen (secondary N) is 1. The molecule has 2 aliphatic rings. The monoisotopic (exact) mass is 372 g/mol. The number of rotatable bonds is 3. The van der Waals surface area contributed by atoms with E-state index in [9.17, 15) is 4.79 Å². The van der Waals surface area contributed by atoms with Gasteiger partial charge in [0.05, 0.1) is 13.0 Å². The first kappa shape index (κ1) is 17.8. The first-order valence-corrected chi connectivity index (χ1v) is 9.18. The summed E-state index contributed by atoms with van der Waals surface area (Å²) in [6.45, 7) is 4.39. The molecule has 0 unspecified atom stereocenters. The molecule has 2 aromatic rings. The molecule has 1 aromatic heterocycles. The summed E-state index contributed by atoms with van der Waals surface area (Å²) >= 11 is 0. The van der Waals surface area contributed by atoms with E-state index in [-0.39, 0.29) is 17.4 Å². The van der Waals surface area contributed by atoms with Crippen molar-refractivity contribution in [3.63, 3.8) is 0 Å². The van der Waals surface area contributed by atoms with Gasteiger partial charge in [-0.05, 0) is 31.9 Å². The van der Waals surface area contributed by atoms with E-state index in [2.05, 4.69) is 15.5 Å². The summed E-state index contributed by atoms with van der Waals surface area (Å²) < 4.78 is 16.3. The number of amides is 2. The van der Waals surface area contributed by atoms with E-state index >= 15 is 0 Å². The molecule has 8 nitrogen and oxygen atoms in total.